The van der Waals surface area contributed by atoms with Crippen LogP contribution in [0.3, 0.4) is 0 Å². The summed E-state index contributed by atoms with van der Waals surface area (Å²) in [5, 5.41) is 30.0. The van der Waals surface area contributed by atoms with E-state index in [1.54, 1.807) is 0 Å². The largest absolute Gasteiger partial charge is 1.00 e. The molecule has 0 saturated heterocycles. The Hall–Kier alpha value is 1.29. The Bertz CT molecular complexity index is 201. The standard InChI is InChI=1S/C6H9NO6.3Na.2H2O/c8-4(9)1-7(2-5(10)11)3-6(12)13;;;;;/h1-3H2,(H,8,9)(H,10,11)(H,12,13);;;;2*1H2/q;3*+1;;/p-3. The molecule has 9 nitrogen and oxygen atoms in total. The monoisotopic (exact) mass is 293 g/mol. The van der Waals surface area contributed by atoms with Gasteiger partial charge in [-0.25, -0.2) is 0 Å². The number of hydrogen-bond donors (Lipinski definition) is 0. The van der Waals surface area contributed by atoms with E-state index < -0.39 is 37.5 Å². The molecule has 0 atom stereocenters. The summed E-state index contributed by atoms with van der Waals surface area (Å²) >= 11 is 0. The molecule has 0 bridgehead atoms. The van der Waals surface area contributed by atoms with E-state index in [1.807, 2.05) is 0 Å². The zero-order valence-electron chi connectivity index (χ0n) is 10.5. The Kier molecular flexibility index (Phi) is 41.8. The molecule has 0 aromatic carbocycles. The van der Waals surface area contributed by atoms with Gasteiger partial charge < -0.3 is 40.7 Å². The van der Waals surface area contributed by atoms with Crippen LogP contribution in [-0.4, -0.2) is 53.4 Å². The zero-order valence-corrected chi connectivity index (χ0v) is 16.5. The van der Waals surface area contributed by atoms with E-state index in [0.29, 0.717) is 4.90 Å². The third kappa shape index (κ3) is 26.0. The van der Waals surface area contributed by atoms with E-state index in [2.05, 4.69) is 0 Å². The number of carbonyl (C=O) groups is 3. The first-order valence-corrected chi connectivity index (χ1v) is 3.23. The Morgan fingerprint density at radius 1 is 0.667 bits per heavy atom. The van der Waals surface area contributed by atoms with Gasteiger partial charge in [0.2, 0.25) is 0 Å². The number of rotatable bonds is 6. The minimum absolute atomic E-state index is 0. The smallest absolute Gasteiger partial charge is 0.549 e. The summed E-state index contributed by atoms with van der Waals surface area (Å²) in [6.07, 6.45) is 0. The molecule has 0 aliphatic carbocycles. The summed E-state index contributed by atoms with van der Waals surface area (Å²) in [7, 11) is 0. The first-order valence-electron chi connectivity index (χ1n) is 3.23. The van der Waals surface area contributed by atoms with Crippen molar-refractivity contribution in [3.63, 3.8) is 0 Å². The van der Waals surface area contributed by atoms with E-state index in [-0.39, 0.29) is 99.6 Å². The molecule has 0 unspecified atom stereocenters. The molecule has 0 radical (unpaired) electrons. The van der Waals surface area contributed by atoms with Crippen LogP contribution in [0.15, 0.2) is 0 Å². The van der Waals surface area contributed by atoms with Gasteiger partial charge in [-0.15, -0.1) is 0 Å². The maximum absolute atomic E-state index is 9.99. The Balaban J connectivity index is -0.0000000720. The van der Waals surface area contributed by atoms with Crippen molar-refractivity contribution in [3.05, 3.63) is 0 Å². The summed E-state index contributed by atoms with van der Waals surface area (Å²) in [6.45, 7) is -2.37. The van der Waals surface area contributed by atoms with Crippen LogP contribution in [0.1, 0.15) is 0 Å². The maximum Gasteiger partial charge on any atom is 1.00 e. The van der Waals surface area contributed by atoms with Crippen LogP contribution < -0.4 is 104 Å². The number of carboxylic acid groups (broad SMARTS) is 3. The van der Waals surface area contributed by atoms with Gasteiger partial charge in [0.1, 0.15) is 0 Å². The molecule has 0 aliphatic heterocycles. The van der Waals surface area contributed by atoms with E-state index in [9.17, 15) is 29.7 Å². The molecule has 0 aliphatic rings. The van der Waals surface area contributed by atoms with Crippen molar-refractivity contribution in [2.24, 2.45) is 0 Å². The van der Waals surface area contributed by atoms with Crippen molar-refractivity contribution in [3.8, 4) is 0 Å². The number of hydrogen-bond acceptors (Lipinski definition) is 7. The van der Waals surface area contributed by atoms with Crippen molar-refractivity contribution in [1.82, 2.24) is 4.90 Å². The van der Waals surface area contributed by atoms with Gasteiger partial charge >= 0.3 is 88.7 Å². The Morgan fingerprint density at radius 3 is 0.944 bits per heavy atom. The molecule has 0 spiro atoms. The van der Waals surface area contributed by atoms with Gasteiger partial charge in [0, 0.05) is 19.6 Å². The molecular formula is C6H10NNa3O8. The molecule has 18 heavy (non-hydrogen) atoms. The molecule has 0 aromatic rings. The van der Waals surface area contributed by atoms with Crippen LogP contribution in [0.25, 0.3) is 0 Å². The third-order valence-electron chi connectivity index (χ3n) is 1.06. The zero-order chi connectivity index (χ0) is 10.4. The van der Waals surface area contributed by atoms with Crippen LogP contribution in [0.2, 0.25) is 0 Å². The van der Waals surface area contributed by atoms with E-state index in [1.165, 1.54) is 0 Å². The molecule has 0 saturated carbocycles. The number of carboxylic acids is 3. The quantitative estimate of drug-likeness (QED) is 0.434. The van der Waals surface area contributed by atoms with Gasteiger partial charge in [0.25, 0.3) is 0 Å². The molecule has 0 rings (SSSR count). The Labute approximate surface area is 169 Å². The summed E-state index contributed by atoms with van der Waals surface area (Å²) in [6, 6.07) is 0. The average Bonchev–Trinajstić information content (AvgIpc) is 1.80. The van der Waals surface area contributed by atoms with Crippen LogP contribution in [0.4, 0.5) is 0 Å². The van der Waals surface area contributed by atoms with Crippen molar-refractivity contribution in [1.29, 1.82) is 0 Å². The second-order valence-corrected chi connectivity index (χ2v) is 2.26. The van der Waals surface area contributed by atoms with E-state index in [4.69, 9.17) is 0 Å². The normalized spacial score (nSPS) is 7.17. The molecule has 4 N–H and O–H groups in total. The second kappa shape index (κ2) is 20.6. The summed E-state index contributed by atoms with van der Waals surface area (Å²) in [5.74, 6) is -4.70. The SMILES string of the molecule is O.O.O=C([O-])CN(CC(=O)[O-])CC(=O)[O-].[Na+].[Na+].[Na+]. The molecule has 0 amide bonds. The molecule has 0 heterocycles. The van der Waals surface area contributed by atoms with E-state index >= 15 is 0 Å². The summed E-state index contributed by atoms with van der Waals surface area (Å²) < 4.78 is 0. The number of nitrogens with zero attached hydrogens (tertiary/aromatic N) is 1. The summed E-state index contributed by atoms with van der Waals surface area (Å²) in [4.78, 5) is 30.6. The van der Waals surface area contributed by atoms with Gasteiger partial charge in [-0.3, -0.25) is 4.90 Å². The van der Waals surface area contributed by atoms with Crippen LogP contribution in [-0.2, 0) is 14.4 Å². The predicted octanol–water partition coefficient (Wildman–Crippen LogP) is -16.1. The van der Waals surface area contributed by atoms with Crippen molar-refractivity contribution in [2.75, 3.05) is 19.6 Å². The van der Waals surface area contributed by atoms with Gasteiger partial charge in [-0.05, 0) is 0 Å². The summed E-state index contributed by atoms with van der Waals surface area (Å²) in [5.41, 5.74) is 0. The van der Waals surface area contributed by atoms with Crippen LogP contribution in [0.5, 0.6) is 0 Å². The maximum atomic E-state index is 9.99. The number of aliphatic carboxylic acids is 3. The van der Waals surface area contributed by atoms with Gasteiger partial charge in [-0.1, -0.05) is 0 Å². The minimum atomic E-state index is -1.57. The van der Waals surface area contributed by atoms with Crippen LogP contribution >= 0.6 is 0 Å². The molecule has 0 aromatic heterocycles. The molecule has 90 valence electrons. The topological polar surface area (TPSA) is 187 Å². The first-order chi connectivity index (χ1) is 5.91. The van der Waals surface area contributed by atoms with Crippen molar-refractivity contribution >= 4 is 17.9 Å². The molecular weight excluding hydrogens is 283 g/mol. The fourth-order valence-corrected chi connectivity index (χ4v) is 0.715. The van der Waals surface area contributed by atoms with Crippen LogP contribution in [0, 0.1) is 0 Å². The van der Waals surface area contributed by atoms with E-state index in [0.717, 1.165) is 0 Å². The van der Waals surface area contributed by atoms with Gasteiger partial charge in [0.15, 0.2) is 0 Å². The average molecular weight is 293 g/mol. The van der Waals surface area contributed by atoms with Crippen molar-refractivity contribution in [2.45, 2.75) is 0 Å². The molecule has 12 heteroatoms. The fraction of sp³-hybridized carbons (Fsp3) is 0.500. The fourth-order valence-electron chi connectivity index (χ4n) is 0.715. The van der Waals surface area contributed by atoms with Crippen molar-refractivity contribution < 1.29 is 129 Å². The van der Waals surface area contributed by atoms with Gasteiger partial charge in [-0.2, -0.15) is 0 Å². The number of carbonyl (C=O) groups excluding carboxylic acids is 3. The Morgan fingerprint density at radius 2 is 0.833 bits per heavy atom. The minimum Gasteiger partial charge on any atom is -0.549 e. The first kappa shape index (κ1) is 36.5. The predicted molar refractivity (Wildman–Crippen MR) is 38.7 cm³/mol. The van der Waals surface area contributed by atoms with Gasteiger partial charge in [0.05, 0.1) is 17.9 Å². The second-order valence-electron chi connectivity index (χ2n) is 2.26. The molecule has 0 fully saturated rings. The third-order valence-corrected chi connectivity index (χ3v) is 1.06.